The highest BCUT2D eigenvalue weighted by atomic mass is 19.4. The minimum absolute atomic E-state index is 0.112. The van der Waals surface area contributed by atoms with Gasteiger partial charge in [0, 0.05) is 29.2 Å². The van der Waals surface area contributed by atoms with Gasteiger partial charge in [-0.05, 0) is 26.0 Å². The fourth-order valence-corrected chi connectivity index (χ4v) is 2.32. The minimum Gasteiger partial charge on any atom is -0.464 e. The summed E-state index contributed by atoms with van der Waals surface area (Å²) in [6.45, 7) is 3.89. The largest absolute Gasteiger partial charge is 0.464 e. The second kappa shape index (κ2) is 6.00. The molecule has 1 N–H and O–H groups in total. The Morgan fingerprint density at radius 2 is 2.05 bits per heavy atom. The topological polar surface area (TPSA) is 51.5 Å². The van der Waals surface area contributed by atoms with Gasteiger partial charge in [-0.3, -0.25) is 0 Å². The molecule has 0 spiro atoms. The Hall–Kier alpha value is -2.02. The number of nitrogens with zero attached hydrogens (tertiary/aromatic N) is 1. The molecule has 1 atom stereocenters. The van der Waals surface area contributed by atoms with Crippen molar-refractivity contribution < 1.29 is 27.8 Å². The van der Waals surface area contributed by atoms with Crippen LogP contribution in [0.5, 0.6) is 0 Å². The van der Waals surface area contributed by atoms with Crippen LogP contribution in [0, 0.1) is 0 Å². The molecule has 0 saturated carbocycles. The summed E-state index contributed by atoms with van der Waals surface area (Å²) in [5, 5.41) is 10.4. The zero-order chi connectivity index (χ0) is 16.5. The number of aryl methyl sites for hydroxylation is 1. The fraction of sp³-hybridized carbons (Fsp3) is 0.400. The van der Waals surface area contributed by atoms with Crippen LogP contribution in [-0.4, -0.2) is 22.2 Å². The number of esters is 1. The summed E-state index contributed by atoms with van der Waals surface area (Å²) < 4.78 is 44.7. The number of aliphatic hydroxyl groups excluding tert-OH is 1. The van der Waals surface area contributed by atoms with E-state index in [1.165, 1.54) is 12.3 Å². The van der Waals surface area contributed by atoms with Crippen LogP contribution in [0.2, 0.25) is 0 Å². The van der Waals surface area contributed by atoms with Gasteiger partial charge in [-0.1, -0.05) is 6.07 Å². The monoisotopic (exact) mass is 315 g/mol. The van der Waals surface area contributed by atoms with E-state index in [0.29, 0.717) is 17.4 Å². The van der Waals surface area contributed by atoms with Crippen molar-refractivity contribution >= 4 is 16.9 Å². The standard InChI is InChI=1S/C15H16F3NO3/c1-3-19-8-11(13(20)14(21)22-4-2)10-6-5-9(7-12(10)19)15(16,17)18/h5-8,13,20H,3-4H2,1-2H3. The number of benzene rings is 1. The predicted octanol–water partition coefficient (Wildman–Crippen LogP) is 3.28. The maximum atomic E-state index is 12.8. The van der Waals surface area contributed by atoms with Crippen LogP contribution in [-0.2, 0) is 22.3 Å². The fourth-order valence-electron chi connectivity index (χ4n) is 2.32. The van der Waals surface area contributed by atoms with Crippen molar-refractivity contribution in [3.05, 3.63) is 35.5 Å². The van der Waals surface area contributed by atoms with E-state index in [2.05, 4.69) is 0 Å². The molecule has 0 radical (unpaired) electrons. The van der Waals surface area contributed by atoms with Crippen molar-refractivity contribution in [2.45, 2.75) is 32.7 Å². The molecule has 1 aromatic carbocycles. The van der Waals surface area contributed by atoms with E-state index in [9.17, 15) is 23.1 Å². The SMILES string of the molecule is CCOC(=O)C(O)c1cn(CC)c2cc(C(F)(F)F)ccc12. The molecule has 0 fully saturated rings. The molecule has 0 bridgehead atoms. The first-order chi connectivity index (χ1) is 10.3. The van der Waals surface area contributed by atoms with Gasteiger partial charge in [0.25, 0.3) is 0 Å². The number of aromatic nitrogens is 1. The van der Waals surface area contributed by atoms with E-state index in [4.69, 9.17) is 4.74 Å². The van der Waals surface area contributed by atoms with Crippen LogP contribution in [0.3, 0.4) is 0 Å². The molecule has 22 heavy (non-hydrogen) atoms. The number of carbonyl (C=O) groups excluding carboxylic acids is 1. The van der Waals surface area contributed by atoms with Crippen molar-refractivity contribution in [3.8, 4) is 0 Å². The average Bonchev–Trinajstić information content (AvgIpc) is 2.83. The van der Waals surface area contributed by atoms with Crippen molar-refractivity contribution in [1.29, 1.82) is 0 Å². The Labute approximate surface area is 125 Å². The third-order valence-corrected chi connectivity index (χ3v) is 3.39. The molecule has 2 rings (SSSR count). The van der Waals surface area contributed by atoms with Crippen LogP contribution >= 0.6 is 0 Å². The lowest BCUT2D eigenvalue weighted by Crippen LogP contribution is -2.15. The molecular formula is C15H16F3NO3. The van der Waals surface area contributed by atoms with Gasteiger partial charge in [0.15, 0.2) is 6.10 Å². The van der Waals surface area contributed by atoms with Crippen LogP contribution in [0.25, 0.3) is 10.9 Å². The van der Waals surface area contributed by atoms with Crippen LogP contribution in [0.4, 0.5) is 13.2 Å². The summed E-state index contributed by atoms with van der Waals surface area (Å²) in [6.07, 6.45) is -4.49. The molecule has 4 nitrogen and oxygen atoms in total. The normalized spacial score (nSPS) is 13.4. The number of rotatable bonds is 4. The van der Waals surface area contributed by atoms with Crippen molar-refractivity contribution in [3.63, 3.8) is 0 Å². The van der Waals surface area contributed by atoms with Gasteiger partial charge in [-0.2, -0.15) is 13.2 Å². The Morgan fingerprint density at radius 3 is 2.59 bits per heavy atom. The maximum absolute atomic E-state index is 12.8. The number of halogens is 3. The molecular weight excluding hydrogens is 299 g/mol. The van der Waals surface area contributed by atoms with Gasteiger partial charge in [0.1, 0.15) is 0 Å². The van der Waals surface area contributed by atoms with Gasteiger partial charge in [0.2, 0.25) is 0 Å². The van der Waals surface area contributed by atoms with Crippen LogP contribution in [0.15, 0.2) is 24.4 Å². The van der Waals surface area contributed by atoms with E-state index in [-0.39, 0.29) is 12.2 Å². The second-order valence-corrected chi connectivity index (χ2v) is 4.75. The van der Waals surface area contributed by atoms with Crippen molar-refractivity contribution in [2.75, 3.05) is 6.61 Å². The quantitative estimate of drug-likeness (QED) is 0.881. The molecule has 0 amide bonds. The molecule has 0 saturated heterocycles. The highest BCUT2D eigenvalue weighted by Crippen LogP contribution is 2.34. The molecule has 120 valence electrons. The van der Waals surface area contributed by atoms with E-state index in [1.54, 1.807) is 18.4 Å². The zero-order valence-electron chi connectivity index (χ0n) is 12.1. The Bertz CT molecular complexity index is 691. The van der Waals surface area contributed by atoms with Crippen molar-refractivity contribution in [1.82, 2.24) is 4.57 Å². The third-order valence-electron chi connectivity index (χ3n) is 3.39. The van der Waals surface area contributed by atoms with E-state index in [1.807, 2.05) is 0 Å². The van der Waals surface area contributed by atoms with Gasteiger partial charge < -0.3 is 14.4 Å². The lowest BCUT2D eigenvalue weighted by atomic mass is 10.1. The van der Waals surface area contributed by atoms with Gasteiger partial charge in [0.05, 0.1) is 12.2 Å². The van der Waals surface area contributed by atoms with E-state index < -0.39 is 23.8 Å². The Balaban J connectivity index is 2.56. The summed E-state index contributed by atoms with van der Waals surface area (Å²) in [6, 6.07) is 3.21. The first kappa shape index (κ1) is 16.4. The minimum atomic E-state index is -4.45. The summed E-state index contributed by atoms with van der Waals surface area (Å²) in [4.78, 5) is 11.6. The first-order valence-electron chi connectivity index (χ1n) is 6.84. The highest BCUT2D eigenvalue weighted by molar-refractivity contribution is 5.90. The Morgan fingerprint density at radius 1 is 1.36 bits per heavy atom. The lowest BCUT2D eigenvalue weighted by Gasteiger charge is -2.09. The maximum Gasteiger partial charge on any atom is 0.416 e. The molecule has 1 unspecified atom stereocenters. The number of alkyl halides is 3. The molecule has 1 heterocycles. The summed E-state index contributed by atoms with van der Waals surface area (Å²) in [5.41, 5.74) is -0.218. The molecule has 1 aromatic heterocycles. The number of hydrogen-bond acceptors (Lipinski definition) is 3. The van der Waals surface area contributed by atoms with Crippen molar-refractivity contribution in [2.24, 2.45) is 0 Å². The first-order valence-corrected chi connectivity index (χ1v) is 6.84. The smallest absolute Gasteiger partial charge is 0.416 e. The molecule has 7 heteroatoms. The van der Waals surface area contributed by atoms with E-state index in [0.717, 1.165) is 12.1 Å². The molecule has 2 aromatic rings. The van der Waals surface area contributed by atoms with Gasteiger partial charge in [-0.15, -0.1) is 0 Å². The number of fused-ring (bicyclic) bond motifs is 1. The predicted molar refractivity (Wildman–Crippen MR) is 74.2 cm³/mol. The van der Waals surface area contributed by atoms with Gasteiger partial charge in [-0.25, -0.2) is 4.79 Å². The van der Waals surface area contributed by atoms with Gasteiger partial charge >= 0.3 is 12.1 Å². The number of aliphatic hydroxyl groups is 1. The summed E-state index contributed by atoms with van der Waals surface area (Å²) in [7, 11) is 0. The number of carbonyl (C=O) groups is 1. The summed E-state index contributed by atoms with van der Waals surface area (Å²) in [5.74, 6) is -0.822. The molecule has 0 aliphatic carbocycles. The second-order valence-electron chi connectivity index (χ2n) is 4.75. The van der Waals surface area contributed by atoms with E-state index >= 15 is 0 Å². The lowest BCUT2D eigenvalue weighted by molar-refractivity contribution is -0.153. The van der Waals surface area contributed by atoms with Crippen LogP contribution in [0.1, 0.15) is 31.1 Å². The third kappa shape index (κ3) is 2.94. The Kier molecular flexibility index (Phi) is 4.46. The highest BCUT2D eigenvalue weighted by Gasteiger charge is 2.31. The summed E-state index contributed by atoms with van der Waals surface area (Å²) >= 11 is 0. The number of hydrogen-bond donors (Lipinski definition) is 1. The molecule has 0 aliphatic rings. The number of ether oxygens (including phenoxy) is 1. The average molecular weight is 315 g/mol. The van der Waals surface area contributed by atoms with Crippen LogP contribution < -0.4 is 0 Å². The molecule has 0 aliphatic heterocycles. The zero-order valence-corrected chi connectivity index (χ0v) is 12.1.